The molecule has 0 radical (unpaired) electrons. The molecule has 3 N–H and O–H groups in total. The zero-order valence-electron chi connectivity index (χ0n) is 25.5. The van der Waals surface area contributed by atoms with Crippen LogP contribution in [0.25, 0.3) is 11.1 Å². The van der Waals surface area contributed by atoms with Crippen LogP contribution in [0.3, 0.4) is 0 Å². The molecule has 4 aromatic rings. The smallest absolute Gasteiger partial charge is 0.401 e. The summed E-state index contributed by atoms with van der Waals surface area (Å²) in [5.74, 6) is -1.37. The second-order valence-electron chi connectivity index (χ2n) is 13.1. The van der Waals surface area contributed by atoms with E-state index in [9.17, 15) is 14.7 Å². The van der Waals surface area contributed by atoms with Gasteiger partial charge in [0.2, 0.25) is 0 Å². The molecule has 5 aliphatic rings. The summed E-state index contributed by atoms with van der Waals surface area (Å²) in [6.07, 6.45) is 7.27. The highest BCUT2D eigenvalue weighted by Crippen LogP contribution is 2.58. The van der Waals surface area contributed by atoms with Crippen molar-refractivity contribution in [1.29, 1.82) is 0 Å². The van der Waals surface area contributed by atoms with Gasteiger partial charge in [0.25, 0.3) is 0 Å². The van der Waals surface area contributed by atoms with Gasteiger partial charge in [0.15, 0.2) is 11.3 Å². The molecule has 0 spiro atoms. The number of halogens is 1. The fourth-order valence-corrected chi connectivity index (χ4v) is 8.35. The van der Waals surface area contributed by atoms with Crippen LogP contribution in [0.2, 0.25) is 5.02 Å². The van der Waals surface area contributed by atoms with E-state index in [-0.39, 0.29) is 11.5 Å². The Hall–Kier alpha value is -4.28. The number of aliphatic carboxylic acids is 1. The molecule has 3 aromatic carbocycles. The first-order valence-electron chi connectivity index (χ1n) is 15.5. The summed E-state index contributed by atoms with van der Waals surface area (Å²) >= 11 is 6.00. The number of benzene rings is 3. The van der Waals surface area contributed by atoms with E-state index < -0.39 is 17.8 Å². The Balaban J connectivity index is 0.000000150. The van der Waals surface area contributed by atoms with Gasteiger partial charge in [-0.05, 0) is 110 Å². The fraction of sp³-hybridized carbons (Fsp3) is 0.400. The van der Waals surface area contributed by atoms with Crippen LogP contribution in [-0.2, 0) is 16.0 Å². The average molecular weight is 647 g/mol. The average Bonchev–Trinajstić information content (AvgIpc) is 3.60. The monoisotopic (exact) mass is 646 g/mol. The third-order valence-corrected chi connectivity index (χ3v) is 9.95. The van der Waals surface area contributed by atoms with Crippen molar-refractivity contribution in [3.05, 3.63) is 82.2 Å². The number of carboxylic acid groups (broad SMARTS) is 2. The minimum Gasteiger partial charge on any atom is -0.497 e. The van der Waals surface area contributed by atoms with Gasteiger partial charge in [-0.15, -0.1) is 0 Å². The maximum Gasteiger partial charge on any atom is 0.401 e. The quantitative estimate of drug-likeness (QED) is 0.187. The van der Waals surface area contributed by atoms with Crippen molar-refractivity contribution in [3.8, 4) is 11.5 Å². The van der Waals surface area contributed by atoms with Crippen LogP contribution in [0.1, 0.15) is 65.9 Å². The predicted octanol–water partition coefficient (Wildman–Crippen LogP) is 7.30. The van der Waals surface area contributed by atoms with Gasteiger partial charge in [0.05, 0.1) is 18.4 Å². The molecule has 4 bridgehead atoms. The summed E-state index contributed by atoms with van der Waals surface area (Å²) in [5, 5.41) is 22.6. The zero-order valence-corrected chi connectivity index (χ0v) is 26.3. The lowest BCUT2D eigenvalue weighted by atomic mass is 9.54. The molecular weight excluding hydrogens is 612 g/mol. The Morgan fingerprint density at radius 2 is 1.74 bits per heavy atom. The van der Waals surface area contributed by atoms with Crippen LogP contribution in [-0.4, -0.2) is 45.8 Å². The maximum absolute atomic E-state index is 12.1. The second kappa shape index (κ2) is 11.5. The molecular formula is C35H35ClN2O8. The SMILES string of the molecule is COc1ccc2c(c1)OC(OC13CC4CC(CC(C4)C1)C3)(C(=O)O)N2.Cc1ccc2oc(C(=O)O)nc2c1Cc1cccc(Cl)c1. The lowest BCUT2D eigenvalue weighted by molar-refractivity contribution is -0.270. The number of methoxy groups -OCH3 is 1. The van der Waals surface area contributed by atoms with E-state index in [1.807, 2.05) is 37.3 Å². The summed E-state index contributed by atoms with van der Waals surface area (Å²) in [4.78, 5) is 27.2. The number of hydrogen-bond acceptors (Lipinski definition) is 8. The highest BCUT2D eigenvalue weighted by atomic mass is 35.5. The Morgan fingerprint density at radius 3 is 2.37 bits per heavy atom. The Kier molecular flexibility index (Phi) is 7.60. The van der Waals surface area contributed by atoms with Gasteiger partial charge >= 0.3 is 23.7 Å². The normalized spacial score (nSPS) is 26.9. The van der Waals surface area contributed by atoms with Crippen LogP contribution in [0.4, 0.5) is 5.69 Å². The van der Waals surface area contributed by atoms with Crippen molar-refractivity contribution in [2.75, 3.05) is 12.4 Å². The molecule has 4 aliphatic carbocycles. The third-order valence-electron chi connectivity index (χ3n) is 9.72. The number of carbonyl (C=O) groups is 2. The van der Waals surface area contributed by atoms with Crippen molar-refractivity contribution in [1.82, 2.24) is 4.98 Å². The van der Waals surface area contributed by atoms with Gasteiger partial charge in [-0.2, -0.15) is 0 Å². The number of aromatic nitrogens is 1. The van der Waals surface area contributed by atoms with E-state index in [0.717, 1.165) is 36.0 Å². The topological polar surface area (TPSA) is 140 Å². The molecule has 4 fully saturated rings. The van der Waals surface area contributed by atoms with Crippen molar-refractivity contribution in [3.63, 3.8) is 0 Å². The number of nitrogens with one attached hydrogen (secondary N) is 1. The van der Waals surface area contributed by atoms with Crippen LogP contribution >= 0.6 is 11.6 Å². The molecule has 9 rings (SSSR count). The largest absolute Gasteiger partial charge is 0.497 e. The second-order valence-corrected chi connectivity index (χ2v) is 13.5. The minimum atomic E-state index is -1.85. The van der Waals surface area contributed by atoms with Crippen molar-refractivity contribution in [2.24, 2.45) is 17.8 Å². The van der Waals surface area contributed by atoms with Crippen molar-refractivity contribution < 1.29 is 38.4 Å². The molecule has 1 aliphatic heterocycles. The van der Waals surface area contributed by atoms with Crippen LogP contribution in [0.15, 0.2) is 59.0 Å². The lowest BCUT2D eigenvalue weighted by Crippen LogP contribution is -2.61. The van der Waals surface area contributed by atoms with Crippen molar-refractivity contribution in [2.45, 2.75) is 63.4 Å². The zero-order chi connectivity index (χ0) is 32.2. The highest BCUT2D eigenvalue weighted by Gasteiger charge is 2.59. The Labute approximate surface area is 270 Å². The first-order chi connectivity index (χ1) is 22.0. The number of rotatable bonds is 7. The van der Waals surface area contributed by atoms with Gasteiger partial charge in [0.1, 0.15) is 11.3 Å². The molecule has 240 valence electrons. The van der Waals surface area contributed by atoms with E-state index in [1.165, 1.54) is 19.3 Å². The summed E-state index contributed by atoms with van der Waals surface area (Å²) < 4.78 is 22.6. The van der Waals surface area contributed by atoms with Gasteiger partial charge in [-0.1, -0.05) is 29.8 Å². The Bertz CT molecular complexity index is 1800. The summed E-state index contributed by atoms with van der Waals surface area (Å²) in [5.41, 5.74) is 4.33. The van der Waals surface area contributed by atoms with Crippen LogP contribution in [0, 0.1) is 24.7 Å². The van der Waals surface area contributed by atoms with Gasteiger partial charge in [-0.3, -0.25) is 0 Å². The number of nitrogens with zero attached hydrogens (tertiary/aromatic N) is 1. The summed E-state index contributed by atoms with van der Waals surface area (Å²) in [6.45, 7) is 1.97. The van der Waals surface area contributed by atoms with E-state index >= 15 is 0 Å². The number of fused-ring (bicyclic) bond motifs is 2. The number of aryl methyl sites for hydroxylation is 1. The first kappa shape index (κ1) is 30.4. The minimum absolute atomic E-state index is 0.289. The van der Waals surface area contributed by atoms with E-state index in [1.54, 1.807) is 31.4 Å². The molecule has 1 atom stereocenters. The van der Waals surface area contributed by atoms with Crippen molar-refractivity contribution >= 4 is 40.3 Å². The molecule has 0 amide bonds. The van der Waals surface area contributed by atoms with E-state index in [2.05, 4.69) is 10.3 Å². The van der Waals surface area contributed by atoms with E-state index in [4.69, 9.17) is 35.3 Å². The van der Waals surface area contributed by atoms with Gasteiger partial charge < -0.3 is 34.2 Å². The molecule has 4 saturated carbocycles. The predicted molar refractivity (Wildman–Crippen MR) is 170 cm³/mol. The number of hydrogen-bond donors (Lipinski definition) is 3. The lowest BCUT2D eigenvalue weighted by Gasteiger charge is -2.57. The summed E-state index contributed by atoms with van der Waals surface area (Å²) in [7, 11) is 1.57. The molecule has 11 heteroatoms. The standard InChI is InChI=1S/C19H23NO5.C16H12ClNO3/c1-23-14-2-3-15-16(7-14)24-19(20-15,17(21)22)25-18-8-11-4-12(9-18)6-13(5-11)10-18;1-9-5-6-13-14(18-15(21-13)16(19)20)12(9)8-10-3-2-4-11(17)7-10/h2-3,7,11-13,20H,4-6,8-10H2,1H3,(H,21,22);2-7H,8H2,1H3,(H,19,20). The van der Waals surface area contributed by atoms with Gasteiger partial charge in [-0.25, -0.2) is 14.6 Å². The molecule has 0 saturated heterocycles. The van der Waals surface area contributed by atoms with Crippen LogP contribution < -0.4 is 14.8 Å². The third kappa shape index (κ3) is 5.64. The number of aromatic carboxylic acids is 1. The van der Waals surface area contributed by atoms with Gasteiger partial charge in [0, 0.05) is 17.5 Å². The summed E-state index contributed by atoms with van der Waals surface area (Å²) in [6, 6.07) is 16.4. The fourth-order valence-electron chi connectivity index (χ4n) is 8.14. The number of oxazole rings is 1. The Morgan fingerprint density at radius 1 is 1.02 bits per heavy atom. The number of carboxylic acids is 2. The van der Waals surface area contributed by atoms with Crippen LogP contribution in [0.5, 0.6) is 11.5 Å². The molecule has 46 heavy (non-hydrogen) atoms. The molecule has 2 heterocycles. The number of ether oxygens (including phenoxy) is 3. The molecule has 10 nitrogen and oxygen atoms in total. The van der Waals surface area contributed by atoms with E-state index in [0.29, 0.717) is 57.5 Å². The number of anilines is 1. The molecule has 1 unspecified atom stereocenters. The maximum atomic E-state index is 12.1. The first-order valence-corrected chi connectivity index (χ1v) is 15.9. The highest BCUT2D eigenvalue weighted by molar-refractivity contribution is 6.30. The molecule has 1 aromatic heterocycles.